The summed E-state index contributed by atoms with van der Waals surface area (Å²) in [7, 11) is 0.105. The van der Waals surface area contributed by atoms with Crippen molar-refractivity contribution in [3.63, 3.8) is 0 Å². The summed E-state index contributed by atoms with van der Waals surface area (Å²) in [5.74, 6) is 1.52. The molecule has 9 aromatic rings. The van der Waals surface area contributed by atoms with Gasteiger partial charge in [0.15, 0.2) is 0 Å². The van der Waals surface area contributed by atoms with Gasteiger partial charge >= 0.3 is 0 Å². The second-order valence-corrected chi connectivity index (χ2v) is 40.3. The third-order valence-corrected chi connectivity index (χ3v) is 24.3. The van der Waals surface area contributed by atoms with Crippen LogP contribution in [0, 0.1) is 11.8 Å². The number of carbonyl (C=O) groups is 1. The third kappa shape index (κ3) is 16.3. The molecule has 3 aliphatic rings. The number of amides is 1. The maximum atomic E-state index is 16.9. The number of carbonyl (C=O) groups excluding carboxylic acids is 1. The number of pyridine rings is 1. The highest BCUT2D eigenvalue weighted by molar-refractivity contribution is 7.80. The number of methoxy groups -OCH3 is 1. The van der Waals surface area contributed by atoms with Crippen molar-refractivity contribution in [2.45, 2.75) is 234 Å². The van der Waals surface area contributed by atoms with E-state index in [0.29, 0.717) is 17.4 Å². The molecule has 1 N–H and O–H groups in total. The van der Waals surface area contributed by atoms with Crippen LogP contribution < -0.4 is 26.0 Å². The minimum atomic E-state index is -1.62. The highest BCUT2D eigenvalue weighted by Crippen LogP contribution is 2.47. The average molecular weight is 1360 g/mol. The molecule has 3 unspecified atom stereocenters. The van der Waals surface area contributed by atoms with Crippen LogP contribution in [0.3, 0.4) is 0 Å². The number of aromatic nitrogens is 1. The molecule has 5 nitrogen and oxygen atoms in total. The van der Waals surface area contributed by atoms with Crippen LogP contribution in [0.5, 0.6) is 5.75 Å². The zero-order chi connectivity index (χ0) is 73.6. The Morgan fingerprint density at radius 2 is 0.851 bits per heavy atom. The number of nitrogens with one attached hydrogen (secondary N) is 1. The summed E-state index contributed by atoms with van der Waals surface area (Å²) < 4.78 is 5.93. The molecule has 6 heteroatoms. The van der Waals surface area contributed by atoms with E-state index in [1.165, 1.54) is 77.4 Å². The first-order valence-corrected chi connectivity index (χ1v) is 38.6. The Bertz CT molecular complexity index is 4090. The van der Waals surface area contributed by atoms with Crippen LogP contribution in [0.15, 0.2) is 177 Å². The van der Waals surface area contributed by atoms with E-state index in [2.05, 4.69) is 335 Å². The van der Waals surface area contributed by atoms with E-state index in [0.717, 1.165) is 75.7 Å². The number of fused-ring (bicyclic) bond motifs is 4. The van der Waals surface area contributed by atoms with Gasteiger partial charge in [0.2, 0.25) is 0 Å². The standard InChI is InChI=1S/C95H118N3O2P/c1-27-59-58-98-37-35-60(59)52-84(98)86(80-34-36-96-83-33-32-77(100-26)57-82(80)83)97-87(99)81-30-28-29-31-85(81)101(78-48-61(65-40-69(88(2,3)4)53-70(41-65)89(5,6)7)38-62(49-78)66-42-71(90(8,9)10)54-72(43-66)91(11,12)13)79-50-63(67-44-73(92(14,15)16)55-74(45-67)93(17,18)19)39-64(51-79)68-46-75(94(20,21)22)56-76(47-68)95(23,24)25/h27-34,36,38-51,53-57,59-60,84,86H,1,35,37,52,58H2,2-26H3,(H,97,99)/t59?,60?,84-,86-/m0/s1. The predicted molar refractivity (Wildman–Crippen MR) is 437 cm³/mol. The van der Waals surface area contributed by atoms with Gasteiger partial charge in [0.25, 0.3) is 5.91 Å². The summed E-state index contributed by atoms with van der Waals surface area (Å²) in [5, 5.41) is 8.23. The van der Waals surface area contributed by atoms with Crippen molar-refractivity contribution >= 4 is 40.6 Å². The number of piperidine rings is 3. The summed E-state index contributed by atoms with van der Waals surface area (Å²) in [6.07, 6.45) is 6.13. The molecule has 0 saturated carbocycles. The Hall–Kier alpha value is -7.43. The maximum Gasteiger partial charge on any atom is 0.252 e. The van der Waals surface area contributed by atoms with E-state index in [4.69, 9.17) is 9.72 Å². The normalized spacial score (nSPS) is 17.5. The minimum absolute atomic E-state index is 0.0326. The molecule has 3 aliphatic heterocycles. The number of hydrogen-bond donors (Lipinski definition) is 1. The van der Waals surface area contributed by atoms with Crippen LogP contribution in [0.25, 0.3) is 55.4 Å². The van der Waals surface area contributed by atoms with Crippen molar-refractivity contribution < 1.29 is 9.53 Å². The molecule has 530 valence electrons. The molecule has 0 aliphatic carbocycles. The van der Waals surface area contributed by atoms with Crippen molar-refractivity contribution in [3.05, 3.63) is 232 Å². The van der Waals surface area contributed by atoms with Crippen LogP contribution in [0.4, 0.5) is 0 Å². The molecule has 0 spiro atoms. The number of nitrogens with zero attached hydrogens (tertiary/aromatic N) is 2. The zero-order valence-electron chi connectivity index (χ0n) is 66.2. The number of benzene rings is 8. The van der Waals surface area contributed by atoms with E-state index < -0.39 is 7.92 Å². The van der Waals surface area contributed by atoms with E-state index in [1.54, 1.807) is 7.11 Å². The van der Waals surface area contributed by atoms with Gasteiger partial charge in [-0.1, -0.05) is 263 Å². The summed E-state index contributed by atoms with van der Waals surface area (Å²) in [6, 6.07) is 61.0. The van der Waals surface area contributed by atoms with Crippen molar-refractivity contribution in [3.8, 4) is 50.3 Å². The Morgan fingerprint density at radius 3 is 1.19 bits per heavy atom. The van der Waals surface area contributed by atoms with E-state index in [1.807, 2.05) is 18.3 Å². The maximum absolute atomic E-state index is 16.9. The lowest BCUT2D eigenvalue weighted by Gasteiger charge is -2.51. The second kappa shape index (κ2) is 27.3. The van der Waals surface area contributed by atoms with Gasteiger partial charge in [-0.15, -0.1) is 6.58 Å². The van der Waals surface area contributed by atoms with Crippen LogP contribution in [0.2, 0.25) is 0 Å². The predicted octanol–water partition coefficient (Wildman–Crippen LogP) is 23.4. The summed E-state index contributed by atoms with van der Waals surface area (Å²) >= 11 is 0. The van der Waals surface area contributed by atoms with E-state index in [-0.39, 0.29) is 61.3 Å². The van der Waals surface area contributed by atoms with Crippen molar-refractivity contribution in [2.24, 2.45) is 11.8 Å². The number of rotatable bonds is 13. The molecule has 8 aromatic carbocycles. The Balaban J connectivity index is 1.28. The first-order chi connectivity index (χ1) is 46.8. The van der Waals surface area contributed by atoms with Gasteiger partial charge in [-0.25, -0.2) is 0 Å². The topological polar surface area (TPSA) is 54.5 Å². The summed E-state index contributed by atoms with van der Waals surface area (Å²) in [4.78, 5) is 24.4. The van der Waals surface area contributed by atoms with Crippen molar-refractivity contribution in [1.29, 1.82) is 0 Å². The van der Waals surface area contributed by atoms with Gasteiger partial charge in [0.05, 0.1) is 18.7 Å². The molecular weight excluding hydrogens is 1250 g/mol. The highest BCUT2D eigenvalue weighted by atomic mass is 31.1. The van der Waals surface area contributed by atoms with Gasteiger partial charge in [-0.3, -0.25) is 14.7 Å². The average Bonchev–Trinajstić information content (AvgIpc) is 0.756. The Morgan fingerprint density at radius 1 is 0.485 bits per heavy atom. The van der Waals surface area contributed by atoms with E-state index >= 15 is 4.79 Å². The second-order valence-electron chi connectivity index (χ2n) is 38.1. The molecular formula is C95H118N3O2P. The van der Waals surface area contributed by atoms with E-state index in [9.17, 15) is 0 Å². The molecule has 1 amide bonds. The molecule has 4 heterocycles. The quantitative estimate of drug-likeness (QED) is 0.0923. The molecule has 2 bridgehead atoms. The third-order valence-electron chi connectivity index (χ3n) is 21.9. The van der Waals surface area contributed by atoms with Crippen LogP contribution in [-0.4, -0.2) is 42.0 Å². The SMILES string of the molecule is C=CC1CN2CCC1C[C@H]2[C@@H](NC(=O)c1ccccc1P(c1cc(-c2cc(C(C)(C)C)cc(C(C)(C)C)c2)cc(-c2cc(C(C)(C)C)cc(C(C)(C)C)c2)c1)c1cc(-c2cc(C(C)(C)C)cc(C(C)(C)C)c2)cc(-c2cc(C(C)(C)C)cc(C(C)(C)C)c2)c1)c1ccnc2ccc(OC)cc12. The molecule has 5 atom stereocenters. The fourth-order valence-electron chi connectivity index (χ4n) is 14.9. The molecule has 12 rings (SSSR count). The lowest BCUT2D eigenvalue weighted by molar-refractivity contribution is 0.00171. The number of hydrogen-bond acceptors (Lipinski definition) is 4. The van der Waals surface area contributed by atoms with Crippen molar-refractivity contribution in [1.82, 2.24) is 15.2 Å². The molecule has 0 radical (unpaired) electrons. The molecule has 1 aromatic heterocycles. The van der Waals surface area contributed by atoms with Crippen molar-refractivity contribution in [2.75, 3.05) is 20.2 Å². The fraction of sp³-hybridized carbons (Fsp3) is 0.432. The Kier molecular flexibility index (Phi) is 20.2. The summed E-state index contributed by atoms with van der Waals surface area (Å²) in [5.41, 5.74) is 21.3. The van der Waals surface area contributed by atoms with Gasteiger partial charge < -0.3 is 10.1 Å². The summed E-state index contributed by atoms with van der Waals surface area (Å²) in [6.45, 7) is 62.4. The largest absolute Gasteiger partial charge is 0.497 e. The monoisotopic (exact) mass is 1360 g/mol. The zero-order valence-corrected chi connectivity index (χ0v) is 67.1. The van der Waals surface area contributed by atoms with Gasteiger partial charge in [0.1, 0.15) is 5.75 Å². The molecule has 3 fully saturated rings. The first kappa shape index (κ1) is 74.7. The first-order valence-electron chi connectivity index (χ1n) is 37.3. The van der Waals surface area contributed by atoms with Crippen LogP contribution in [0.1, 0.15) is 245 Å². The van der Waals surface area contributed by atoms with Gasteiger partial charge in [0, 0.05) is 29.7 Å². The van der Waals surface area contributed by atoms with Gasteiger partial charge in [-0.2, -0.15) is 0 Å². The molecule has 101 heavy (non-hydrogen) atoms. The number of ether oxygens (including phenoxy) is 1. The van der Waals surface area contributed by atoms with Crippen LogP contribution >= 0.6 is 7.92 Å². The van der Waals surface area contributed by atoms with Crippen LogP contribution in [-0.2, 0) is 43.3 Å². The molecule has 3 saturated heterocycles. The fourth-order valence-corrected chi connectivity index (χ4v) is 17.5. The lowest BCUT2D eigenvalue weighted by atomic mass is 9.73. The smallest absolute Gasteiger partial charge is 0.252 e. The highest BCUT2D eigenvalue weighted by Gasteiger charge is 2.44. The Labute approximate surface area is 610 Å². The van der Waals surface area contributed by atoms with Gasteiger partial charge in [-0.05, 0) is 260 Å². The minimum Gasteiger partial charge on any atom is -0.497 e. The lowest BCUT2D eigenvalue weighted by Crippen LogP contribution is -2.57.